The van der Waals surface area contributed by atoms with Gasteiger partial charge in [-0.3, -0.25) is 4.79 Å². The van der Waals surface area contributed by atoms with Crippen molar-refractivity contribution < 1.29 is 19.8 Å². The quantitative estimate of drug-likeness (QED) is 0.763. The van der Waals surface area contributed by atoms with Crippen LogP contribution in [0.2, 0.25) is 5.02 Å². The van der Waals surface area contributed by atoms with Gasteiger partial charge in [-0.15, -0.1) is 0 Å². The third-order valence-corrected chi connectivity index (χ3v) is 2.41. The molecule has 1 aromatic carbocycles. The fraction of sp³-hybridized carbons (Fsp3) is 0.200. The number of carbonyl (C=O) groups excluding carboxylic acids is 1. The topological polar surface area (TPSA) is 74.6 Å². The Labute approximate surface area is 91.1 Å². The number of aliphatic hydroxyl groups is 1. The smallest absolute Gasteiger partial charge is 0.348 e. The maximum Gasteiger partial charge on any atom is 0.348 e. The molecule has 4 nitrogen and oxygen atoms in total. The van der Waals surface area contributed by atoms with E-state index in [9.17, 15) is 14.7 Å². The average molecular weight is 229 g/mol. The Morgan fingerprint density at radius 3 is 2.27 bits per heavy atom. The van der Waals surface area contributed by atoms with Crippen molar-refractivity contribution in [3.8, 4) is 0 Å². The summed E-state index contributed by atoms with van der Waals surface area (Å²) in [6, 6.07) is 5.79. The highest BCUT2D eigenvalue weighted by molar-refractivity contribution is 6.32. The molecule has 0 aromatic heterocycles. The minimum Gasteiger partial charge on any atom is -0.478 e. The maximum atomic E-state index is 11.2. The molecular formula is C10H9ClO4. The molecular weight excluding hydrogens is 220 g/mol. The van der Waals surface area contributed by atoms with E-state index in [0.29, 0.717) is 0 Å². The third kappa shape index (κ3) is 1.86. The van der Waals surface area contributed by atoms with E-state index in [-0.39, 0.29) is 10.6 Å². The van der Waals surface area contributed by atoms with Crippen molar-refractivity contribution in [1.82, 2.24) is 0 Å². The molecule has 1 aromatic rings. The highest BCUT2D eigenvalue weighted by atomic mass is 35.5. The van der Waals surface area contributed by atoms with E-state index in [2.05, 4.69) is 0 Å². The second-order valence-corrected chi connectivity index (χ2v) is 3.46. The fourth-order valence-electron chi connectivity index (χ4n) is 1.21. The number of aliphatic carboxylic acids is 1. The van der Waals surface area contributed by atoms with Crippen LogP contribution in [0.4, 0.5) is 0 Å². The molecule has 0 spiro atoms. The van der Waals surface area contributed by atoms with Gasteiger partial charge in [0.05, 0.1) is 0 Å². The molecule has 0 radical (unpaired) electrons. The molecule has 0 saturated heterocycles. The van der Waals surface area contributed by atoms with E-state index < -0.39 is 17.4 Å². The van der Waals surface area contributed by atoms with Gasteiger partial charge >= 0.3 is 5.97 Å². The number of rotatable bonds is 3. The molecule has 1 atom stereocenters. The molecule has 0 aliphatic carbocycles. The first-order chi connectivity index (χ1) is 6.90. The lowest BCUT2D eigenvalue weighted by Crippen LogP contribution is -2.42. The Kier molecular flexibility index (Phi) is 3.12. The number of hydrogen-bond acceptors (Lipinski definition) is 3. The first-order valence-electron chi connectivity index (χ1n) is 4.12. The Hall–Kier alpha value is -1.39. The van der Waals surface area contributed by atoms with E-state index in [4.69, 9.17) is 16.7 Å². The molecule has 80 valence electrons. The fourth-order valence-corrected chi connectivity index (χ4v) is 1.48. The number of carboxylic acid groups (broad SMARTS) is 1. The summed E-state index contributed by atoms with van der Waals surface area (Å²) in [5.74, 6) is -2.52. The molecule has 0 aliphatic rings. The zero-order valence-corrected chi connectivity index (χ0v) is 8.65. The van der Waals surface area contributed by atoms with Crippen LogP contribution in [0.1, 0.15) is 12.5 Å². The lowest BCUT2D eigenvalue weighted by molar-refractivity contribution is -0.165. The van der Waals surface area contributed by atoms with Crippen LogP contribution >= 0.6 is 11.6 Å². The first-order valence-corrected chi connectivity index (χ1v) is 4.50. The number of ketones is 1. The summed E-state index contributed by atoms with van der Waals surface area (Å²) in [5.41, 5.74) is -2.69. The third-order valence-electron chi connectivity index (χ3n) is 2.08. The molecule has 15 heavy (non-hydrogen) atoms. The highest BCUT2D eigenvalue weighted by Gasteiger charge is 2.44. The van der Waals surface area contributed by atoms with E-state index in [1.807, 2.05) is 0 Å². The zero-order chi connectivity index (χ0) is 11.6. The SMILES string of the molecule is CC(=O)[C@@](O)(C(=O)O)c1ccccc1Cl. The van der Waals surface area contributed by atoms with Gasteiger partial charge in [0.2, 0.25) is 5.60 Å². The van der Waals surface area contributed by atoms with Crippen molar-refractivity contribution in [1.29, 1.82) is 0 Å². The lowest BCUT2D eigenvalue weighted by atomic mass is 9.90. The van der Waals surface area contributed by atoms with Crippen molar-refractivity contribution in [2.45, 2.75) is 12.5 Å². The van der Waals surface area contributed by atoms with Gasteiger partial charge in [-0.1, -0.05) is 29.8 Å². The largest absolute Gasteiger partial charge is 0.478 e. The van der Waals surface area contributed by atoms with Gasteiger partial charge in [-0.05, 0) is 13.0 Å². The van der Waals surface area contributed by atoms with Gasteiger partial charge in [-0.2, -0.15) is 0 Å². The highest BCUT2D eigenvalue weighted by Crippen LogP contribution is 2.29. The summed E-state index contributed by atoms with van der Waals surface area (Å²) in [6.07, 6.45) is 0. The van der Waals surface area contributed by atoms with Crippen molar-refractivity contribution in [3.05, 3.63) is 34.9 Å². The second kappa shape index (κ2) is 4.00. The van der Waals surface area contributed by atoms with E-state index in [1.54, 1.807) is 6.07 Å². The van der Waals surface area contributed by atoms with E-state index >= 15 is 0 Å². The molecule has 0 amide bonds. The molecule has 5 heteroatoms. The minimum atomic E-state index is -2.57. The Morgan fingerprint density at radius 2 is 1.87 bits per heavy atom. The molecule has 0 fully saturated rings. The Morgan fingerprint density at radius 1 is 1.33 bits per heavy atom. The minimum absolute atomic E-state index is 0.0394. The molecule has 0 saturated carbocycles. The number of carbonyl (C=O) groups is 2. The van der Waals surface area contributed by atoms with Crippen molar-refractivity contribution >= 4 is 23.4 Å². The Balaban J connectivity index is 3.41. The van der Waals surface area contributed by atoms with E-state index in [0.717, 1.165) is 6.92 Å². The lowest BCUT2D eigenvalue weighted by Gasteiger charge is -2.21. The van der Waals surface area contributed by atoms with Crippen LogP contribution in [0.5, 0.6) is 0 Å². The summed E-state index contributed by atoms with van der Waals surface area (Å²) in [7, 11) is 0. The van der Waals surface area contributed by atoms with Crippen LogP contribution in [0.25, 0.3) is 0 Å². The van der Waals surface area contributed by atoms with Crippen LogP contribution in [0, 0.1) is 0 Å². The van der Waals surface area contributed by atoms with Gasteiger partial charge in [-0.25, -0.2) is 4.79 Å². The number of carboxylic acids is 1. The molecule has 2 N–H and O–H groups in total. The normalized spacial score (nSPS) is 14.3. The predicted octanol–water partition coefficient (Wildman–Crippen LogP) is 1.20. The Bertz CT molecular complexity index is 400. The zero-order valence-electron chi connectivity index (χ0n) is 7.90. The number of hydrogen-bond donors (Lipinski definition) is 2. The number of Topliss-reactive ketones (excluding diaryl/α,β-unsaturated/α-hetero) is 1. The average Bonchev–Trinajstić information content (AvgIpc) is 2.16. The standard InChI is InChI=1S/C10H9ClO4/c1-6(12)10(15,9(13)14)7-4-2-3-5-8(7)11/h2-5,15H,1H3,(H,13,14)/t10-/m0/s1. The second-order valence-electron chi connectivity index (χ2n) is 3.05. The van der Waals surface area contributed by atoms with Gasteiger partial charge in [0.1, 0.15) is 0 Å². The van der Waals surface area contributed by atoms with Gasteiger partial charge < -0.3 is 10.2 Å². The molecule has 0 bridgehead atoms. The monoisotopic (exact) mass is 228 g/mol. The molecule has 0 heterocycles. The van der Waals surface area contributed by atoms with Crippen LogP contribution in [0.3, 0.4) is 0 Å². The van der Waals surface area contributed by atoms with Gasteiger partial charge in [0, 0.05) is 10.6 Å². The van der Waals surface area contributed by atoms with Crippen molar-refractivity contribution in [2.75, 3.05) is 0 Å². The summed E-state index contributed by atoms with van der Waals surface area (Å²) < 4.78 is 0. The van der Waals surface area contributed by atoms with Gasteiger partial charge in [0.15, 0.2) is 5.78 Å². The molecule has 1 rings (SSSR count). The summed E-state index contributed by atoms with van der Waals surface area (Å²) in [4.78, 5) is 22.1. The summed E-state index contributed by atoms with van der Waals surface area (Å²) >= 11 is 5.72. The first kappa shape index (κ1) is 11.7. The van der Waals surface area contributed by atoms with Crippen LogP contribution < -0.4 is 0 Å². The van der Waals surface area contributed by atoms with Crippen molar-refractivity contribution in [2.24, 2.45) is 0 Å². The molecule has 0 aliphatic heterocycles. The van der Waals surface area contributed by atoms with Gasteiger partial charge in [0.25, 0.3) is 0 Å². The van der Waals surface area contributed by atoms with E-state index in [1.165, 1.54) is 18.2 Å². The predicted molar refractivity (Wildman–Crippen MR) is 53.7 cm³/mol. The van der Waals surface area contributed by atoms with Crippen LogP contribution in [0.15, 0.2) is 24.3 Å². The maximum absolute atomic E-state index is 11.2. The number of benzene rings is 1. The summed E-state index contributed by atoms with van der Waals surface area (Å²) in [5, 5.41) is 18.7. The van der Waals surface area contributed by atoms with Crippen molar-refractivity contribution in [3.63, 3.8) is 0 Å². The van der Waals surface area contributed by atoms with Crippen LogP contribution in [-0.4, -0.2) is 22.0 Å². The van der Waals surface area contributed by atoms with Crippen LogP contribution in [-0.2, 0) is 15.2 Å². The number of halogens is 1. The molecule has 0 unspecified atom stereocenters. The summed E-state index contributed by atoms with van der Waals surface area (Å²) in [6.45, 7) is 0.997.